The number of hydrogen-bond acceptors (Lipinski definition) is 2. The lowest BCUT2D eigenvalue weighted by Crippen LogP contribution is -2.16. The van der Waals surface area contributed by atoms with E-state index in [2.05, 4.69) is 20.8 Å². The van der Waals surface area contributed by atoms with Crippen molar-refractivity contribution in [2.24, 2.45) is 5.41 Å². The summed E-state index contributed by atoms with van der Waals surface area (Å²) in [7, 11) is 0. The van der Waals surface area contributed by atoms with Crippen molar-refractivity contribution in [3.8, 4) is 5.75 Å². The quantitative estimate of drug-likeness (QED) is 0.708. The summed E-state index contributed by atoms with van der Waals surface area (Å²) >= 11 is 0. The fraction of sp³-hybridized carbons (Fsp3) is 0.455. The standard InChI is InChI=1S/C11H17NO/c1-11(2,3)8-13-10-6-4-9(12)5-7-10/h4-7H,8,12H2,1-3H3. The van der Waals surface area contributed by atoms with E-state index in [0.717, 1.165) is 18.0 Å². The normalized spacial score (nSPS) is 11.3. The minimum atomic E-state index is 0.196. The highest BCUT2D eigenvalue weighted by Crippen LogP contribution is 2.18. The van der Waals surface area contributed by atoms with Crippen LogP contribution in [-0.2, 0) is 0 Å². The summed E-state index contributed by atoms with van der Waals surface area (Å²) in [6, 6.07) is 7.47. The first kappa shape index (κ1) is 9.90. The second-order valence-electron chi connectivity index (χ2n) is 4.42. The van der Waals surface area contributed by atoms with Crippen LogP contribution >= 0.6 is 0 Å². The molecular formula is C11H17NO. The van der Waals surface area contributed by atoms with Gasteiger partial charge in [0.05, 0.1) is 6.61 Å². The van der Waals surface area contributed by atoms with Crippen LogP contribution in [0.1, 0.15) is 20.8 Å². The zero-order chi connectivity index (χ0) is 9.90. The van der Waals surface area contributed by atoms with Gasteiger partial charge in [0, 0.05) is 5.69 Å². The maximum Gasteiger partial charge on any atom is 0.119 e. The molecule has 0 atom stereocenters. The minimum absolute atomic E-state index is 0.196. The van der Waals surface area contributed by atoms with Crippen molar-refractivity contribution in [3.63, 3.8) is 0 Å². The molecule has 0 spiro atoms. The number of rotatable bonds is 2. The molecule has 1 aromatic carbocycles. The van der Waals surface area contributed by atoms with Gasteiger partial charge in [-0.1, -0.05) is 20.8 Å². The highest BCUT2D eigenvalue weighted by molar-refractivity contribution is 5.41. The van der Waals surface area contributed by atoms with Crippen LogP contribution in [0.4, 0.5) is 5.69 Å². The molecule has 0 saturated heterocycles. The van der Waals surface area contributed by atoms with E-state index >= 15 is 0 Å². The van der Waals surface area contributed by atoms with Crippen molar-refractivity contribution >= 4 is 5.69 Å². The van der Waals surface area contributed by atoms with Crippen LogP contribution in [0, 0.1) is 5.41 Å². The van der Waals surface area contributed by atoms with E-state index < -0.39 is 0 Å². The summed E-state index contributed by atoms with van der Waals surface area (Å²) in [5, 5.41) is 0. The Morgan fingerprint density at radius 2 is 1.69 bits per heavy atom. The molecule has 13 heavy (non-hydrogen) atoms. The highest BCUT2D eigenvalue weighted by atomic mass is 16.5. The zero-order valence-corrected chi connectivity index (χ0v) is 8.50. The molecule has 0 amide bonds. The maximum atomic E-state index is 5.57. The number of nitrogens with two attached hydrogens (primary N) is 1. The van der Waals surface area contributed by atoms with E-state index in [1.807, 2.05) is 24.3 Å². The third-order valence-electron chi connectivity index (χ3n) is 1.55. The van der Waals surface area contributed by atoms with Crippen molar-refractivity contribution in [3.05, 3.63) is 24.3 Å². The van der Waals surface area contributed by atoms with Gasteiger partial charge in [0.15, 0.2) is 0 Å². The van der Waals surface area contributed by atoms with Crippen LogP contribution < -0.4 is 10.5 Å². The number of nitrogen functional groups attached to an aromatic ring is 1. The van der Waals surface area contributed by atoms with Crippen molar-refractivity contribution in [1.82, 2.24) is 0 Å². The van der Waals surface area contributed by atoms with Crippen LogP contribution in [0.25, 0.3) is 0 Å². The molecule has 1 rings (SSSR count). The number of anilines is 1. The SMILES string of the molecule is CC(C)(C)COc1ccc(N)cc1. The lowest BCUT2D eigenvalue weighted by atomic mass is 9.99. The van der Waals surface area contributed by atoms with Gasteiger partial charge in [0.25, 0.3) is 0 Å². The molecule has 0 aliphatic heterocycles. The van der Waals surface area contributed by atoms with Crippen LogP contribution in [0.2, 0.25) is 0 Å². The molecule has 0 aliphatic rings. The van der Waals surface area contributed by atoms with Gasteiger partial charge >= 0.3 is 0 Å². The summed E-state index contributed by atoms with van der Waals surface area (Å²) in [5.74, 6) is 0.879. The molecule has 2 heteroatoms. The van der Waals surface area contributed by atoms with Crippen LogP contribution in [0.5, 0.6) is 5.75 Å². The summed E-state index contributed by atoms with van der Waals surface area (Å²) in [5.41, 5.74) is 6.52. The van der Waals surface area contributed by atoms with Gasteiger partial charge in [-0.2, -0.15) is 0 Å². The zero-order valence-electron chi connectivity index (χ0n) is 8.50. The third-order valence-corrected chi connectivity index (χ3v) is 1.55. The fourth-order valence-electron chi connectivity index (χ4n) is 0.864. The minimum Gasteiger partial charge on any atom is -0.493 e. The van der Waals surface area contributed by atoms with Crippen molar-refractivity contribution in [2.45, 2.75) is 20.8 Å². The van der Waals surface area contributed by atoms with Crippen LogP contribution in [0.15, 0.2) is 24.3 Å². The van der Waals surface area contributed by atoms with Gasteiger partial charge in [-0.05, 0) is 29.7 Å². The predicted octanol–water partition coefficient (Wildman–Crippen LogP) is 2.69. The summed E-state index contributed by atoms with van der Waals surface area (Å²) in [6.45, 7) is 7.15. The largest absolute Gasteiger partial charge is 0.493 e. The van der Waals surface area contributed by atoms with Crippen molar-refractivity contribution in [2.75, 3.05) is 12.3 Å². The topological polar surface area (TPSA) is 35.2 Å². The molecule has 72 valence electrons. The fourth-order valence-corrected chi connectivity index (χ4v) is 0.864. The van der Waals surface area contributed by atoms with Gasteiger partial charge in [0.1, 0.15) is 5.75 Å². The summed E-state index contributed by atoms with van der Waals surface area (Å²) in [6.07, 6.45) is 0. The predicted molar refractivity (Wildman–Crippen MR) is 55.8 cm³/mol. The Kier molecular flexibility index (Phi) is 2.81. The van der Waals surface area contributed by atoms with Gasteiger partial charge in [-0.3, -0.25) is 0 Å². The molecule has 2 N–H and O–H groups in total. The van der Waals surface area contributed by atoms with E-state index in [9.17, 15) is 0 Å². The smallest absolute Gasteiger partial charge is 0.119 e. The van der Waals surface area contributed by atoms with E-state index in [-0.39, 0.29) is 5.41 Å². The lowest BCUT2D eigenvalue weighted by Gasteiger charge is -2.18. The average Bonchev–Trinajstić information content (AvgIpc) is 2.02. The number of benzene rings is 1. The van der Waals surface area contributed by atoms with Crippen molar-refractivity contribution < 1.29 is 4.74 Å². The van der Waals surface area contributed by atoms with Gasteiger partial charge < -0.3 is 10.5 Å². The molecule has 0 bridgehead atoms. The number of ether oxygens (including phenoxy) is 1. The molecule has 2 nitrogen and oxygen atoms in total. The van der Waals surface area contributed by atoms with Crippen molar-refractivity contribution in [1.29, 1.82) is 0 Å². The average molecular weight is 179 g/mol. The van der Waals surface area contributed by atoms with E-state index in [1.54, 1.807) is 0 Å². The van der Waals surface area contributed by atoms with Gasteiger partial charge in [-0.25, -0.2) is 0 Å². The Morgan fingerprint density at radius 3 is 2.15 bits per heavy atom. The van der Waals surface area contributed by atoms with E-state index in [4.69, 9.17) is 10.5 Å². The molecule has 0 radical (unpaired) electrons. The molecule has 0 aromatic heterocycles. The Morgan fingerprint density at radius 1 is 1.15 bits per heavy atom. The van der Waals surface area contributed by atoms with Gasteiger partial charge in [-0.15, -0.1) is 0 Å². The van der Waals surface area contributed by atoms with Crippen LogP contribution in [0.3, 0.4) is 0 Å². The molecular weight excluding hydrogens is 162 g/mol. The second kappa shape index (κ2) is 3.69. The summed E-state index contributed by atoms with van der Waals surface area (Å²) in [4.78, 5) is 0. The molecule has 0 fully saturated rings. The first-order valence-electron chi connectivity index (χ1n) is 4.46. The Balaban J connectivity index is 2.51. The Bertz CT molecular complexity index is 258. The summed E-state index contributed by atoms with van der Waals surface area (Å²) < 4.78 is 5.57. The van der Waals surface area contributed by atoms with Gasteiger partial charge in [0.2, 0.25) is 0 Å². The second-order valence-corrected chi connectivity index (χ2v) is 4.42. The van der Waals surface area contributed by atoms with Crippen LogP contribution in [-0.4, -0.2) is 6.61 Å². The molecule has 0 heterocycles. The third kappa shape index (κ3) is 3.83. The highest BCUT2D eigenvalue weighted by Gasteiger charge is 2.10. The van der Waals surface area contributed by atoms with E-state index in [0.29, 0.717) is 0 Å². The maximum absolute atomic E-state index is 5.57. The molecule has 0 unspecified atom stereocenters. The van der Waals surface area contributed by atoms with E-state index in [1.165, 1.54) is 0 Å². The lowest BCUT2D eigenvalue weighted by molar-refractivity contribution is 0.198. The first-order valence-corrected chi connectivity index (χ1v) is 4.46. The molecule has 1 aromatic rings. The number of hydrogen-bond donors (Lipinski definition) is 1. The monoisotopic (exact) mass is 179 g/mol. The molecule has 0 saturated carbocycles. The Hall–Kier alpha value is -1.18. The molecule has 0 aliphatic carbocycles. The first-order chi connectivity index (χ1) is 5.97. The Labute approximate surface area is 79.7 Å².